The van der Waals surface area contributed by atoms with Crippen LogP contribution in [0, 0.1) is 13.8 Å². The van der Waals surface area contributed by atoms with Crippen molar-refractivity contribution in [2.75, 3.05) is 6.61 Å². The highest BCUT2D eigenvalue weighted by atomic mass is 16.5. The molecule has 1 fully saturated rings. The van der Waals surface area contributed by atoms with E-state index in [1.54, 1.807) is 12.4 Å². The first-order chi connectivity index (χ1) is 16.9. The number of rotatable bonds is 8. The van der Waals surface area contributed by atoms with E-state index in [9.17, 15) is 14.7 Å². The van der Waals surface area contributed by atoms with Crippen LogP contribution in [0.3, 0.4) is 0 Å². The van der Waals surface area contributed by atoms with Gasteiger partial charge in [0.2, 0.25) is 0 Å². The third kappa shape index (κ3) is 5.11. The van der Waals surface area contributed by atoms with Crippen molar-refractivity contribution in [1.82, 2.24) is 9.88 Å². The second-order valence-electron chi connectivity index (χ2n) is 8.87. The number of hydrogen-bond donors (Lipinski definition) is 1. The predicted octanol–water partition coefficient (Wildman–Crippen LogP) is 5.50. The van der Waals surface area contributed by atoms with Gasteiger partial charge in [0.05, 0.1) is 18.2 Å². The smallest absolute Gasteiger partial charge is 0.295 e. The summed E-state index contributed by atoms with van der Waals surface area (Å²) in [5.41, 5.74) is 4.00. The minimum absolute atomic E-state index is 0.0948. The molecule has 1 amide bonds. The first-order valence-electron chi connectivity index (χ1n) is 11.9. The van der Waals surface area contributed by atoms with Crippen molar-refractivity contribution in [1.29, 1.82) is 0 Å². The van der Waals surface area contributed by atoms with E-state index in [0.717, 1.165) is 40.8 Å². The number of unbranched alkanes of at least 4 members (excludes halogenated alkanes) is 1. The number of hydrogen-bond acceptors (Lipinski definition) is 5. The van der Waals surface area contributed by atoms with E-state index < -0.39 is 17.7 Å². The molecule has 1 saturated heterocycles. The number of likely N-dealkylation sites (tertiary alicyclic amines) is 1. The van der Waals surface area contributed by atoms with Crippen LogP contribution in [0.4, 0.5) is 0 Å². The van der Waals surface area contributed by atoms with E-state index in [0.29, 0.717) is 12.2 Å². The normalized spacial score (nSPS) is 17.1. The molecule has 0 aliphatic carbocycles. The Morgan fingerprint density at radius 3 is 2.43 bits per heavy atom. The summed E-state index contributed by atoms with van der Waals surface area (Å²) < 4.78 is 5.79. The van der Waals surface area contributed by atoms with Crippen LogP contribution in [-0.2, 0) is 16.1 Å². The number of aliphatic hydroxyl groups excluding tert-OH is 1. The molecule has 0 saturated carbocycles. The highest BCUT2D eigenvalue weighted by molar-refractivity contribution is 6.46. The minimum Gasteiger partial charge on any atom is -0.507 e. The molecule has 0 spiro atoms. The Morgan fingerprint density at radius 1 is 1.03 bits per heavy atom. The average molecular weight is 471 g/mol. The Morgan fingerprint density at radius 2 is 1.74 bits per heavy atom. The van der Waals surface area contributed by atoms with Crippen molar-refractivity contribution < 1.29 is 19.4 Å². The standard InChI is InChI=1S/C29H30N2O4/c1-4-5-16-35-23-10-8-22(9-11-23)26-25(27(32)24-17-19(2)6-7-20(24)3)28(33)29(34)31(26)18-21-12-14-30-15-13-21/h6-15,17,26,32H,4-5,16,18H2,1-3H3/b27-25+. The average Bonchev–Trinajstić information content (AvgIpc) is 3.11. The maximum absolute atomic E-state index is 13.3. The summed E-state index contributed by atoms with van der Waals surface area (Å²) in [6, 6.07) is 16.0. The molecule has 1 unspecified atom stereocenters. The van der Waals surface area contributed by atoms with Crippen molar-refractivity contribution >= 4 is 17.4 Å². The van der Waals surface area contributed by atoms with Crippen molar-refractivity contribution in [2.24, 2.45) is 0 Å². The van der Waals surface area contributed by atoms with E-state index in [4.69, 9.17) is 4.74 Å². The van der Waals surface area contributed by atoms with Gasteiger partial charge >= 0.3 is 0 Å². The van der Waals surface area contributed by atoms with Crippen molar-refractivity contribution in [3.8, 4) is 5.75 Å². The van der Waals surface area contributed by atoms with Crippen LogP contribution >= 0.6 is 0 Å². The number of aliphatic hydroxyl groups is 1. The molecule has 6 nitrogen and oxygen atoms in total. The van der Waals surface area contributed by atoms with Gasteiger partial charge in [-0.15, -0.1) is 0 Å². The molecule has 2 aromatic carbocycles. The predicted molar refractivity (Wildman–Crippen MR) is 135 cm³/mol. The zero-order valence-corrected chi connectivity index (χ0v) is 20.3. The lowest BCUT2D eigenvalue weighted by atomic mass is 9.93. The molecular formula is C29H30N2O4. The topological polar surface area (TPSA) is 79.7 Å². The number of benzene rings is 2. The first-order valence-corrected chi connectivity index (χ1v) is 11.9. The lowest BCUT2D eigenvalue weighted by Gasteiger charge is -2.25. The Labute approximate surface area is 205 Å². The number of pyridine rings is 1. The number of amides is 1. The highest BCUT2D eigenvalue weighted by Crippen LogP contribution is 2.41. The Balaban J connectivity index is 1.80. The van der Waals surface area contributed by atoms with Crippen molar-refractivity contribution in [3.63, 3.8) is 0 Å². The number of carbonyl (C=O) groups is 2. The summed E-state index contributed by atoms with van der Waals surface area (Å²) in [6.45, 7) is 6.75. The minimum atomic E-state index is -0.729. The quantitative estimate of drug-likeness (QED) is 0.204. The van der Waals surface area contributed by atoms with Crippen molar-refractivity contribution in [2.45, 2.75) is 46.2 Å². The summed E-state index contributed by atoms with van der Waals surface area (Å²) in [6.07, 6.45) is 5.31. The Hall–Kier alpha value is -3.93. The summed E-state index contributed by atoms with van der Waals surface area (Å²) in [5, 5.41) is 11.4. The van der Waals surface area contributed by atoms with Crippen molar-refractivity contribution in [3.05, 3.63) is 100 Å². The molecule has 2 heterocycles. The van der Waals surface area contributed by atoms with Gasteiger partial charge < -0.3 is 14.7 Å². The van der Waals surface area contributed by atoms with Crippen LogP contribution in [0.1, 0.15) is 53.6 Å². The maximum atomic E-state index is 13.3. The Bertz CT molecular complexity index is 1250. The molecule has 180 valence electrons. The molecule has 1 aliphatic rings. The fourth-order valence-corrected chi connectivity index (χ4v) is 4.29. The molecule has 6 heteroatoms. The maximum Gasteiger partial charge on any atom is 0.295 e. The number of nitrogens with zero attached hydrogens (tertiary/aromatic N) is 2. The van der Waals surface area contributed by atoms with E-state index in [-0.39, 0.29) is 17.9 Å². The molecule has 1 aliphatic heterocycles. The third-order valence-electron chi connectivity index (χ3n) is 6.25. The van der Waals surface area contributed by atoms with Gasteiger partial charge in [-0.2, -0.15) is 0 Å². The van der Waals surface area contributed by atoms with Crippen LogP contribution in [0.2, 0.25) is 0 Å². The number of aryl methyl sites for hydroxylation is 2. The van der Waals surface area contributed by atoms with Gasteiger partial charge in [0.25, 0.3) is 11.7 Å². The van der Waals surface area contributed by atoms with Gasteiger partial charge in [-0.1, -0.05) is 43.2 Å². The number of Topliss-reactive ketones (excluding diaryl/α,β-unsaturated/α-hetero) is 1. The monoisotopic (exact) mass is 470 g/mol. The fourth-order valence-electron chi connectivity index (χ4n) is 4.29. The summed E-state index contributed by atoms with van der Waals surface area (Å²) in [5.74, 6) is -0.759. The van der Waals surface area contributed by atoms with Gasteiger partial charge in [0.1, 0.15) is 11.5 Å². The molecular weight excluding hydrogens is 440 g/mol. The summed E-state index contributed by atoms with van der Waals surface area (Å²) in [7, 11) is 0. The number of ether oxygens (including phenoxy) is 1. The van der Waals surface area contributed by atoms with E-state index in [1.165, 1.54) is 4.90 Å². The van der Waals surface area contributed by atoms with Crippen LogP contribution in [0.15, 0.2) is 72.6 Å². The van der Waals surface area contributed by atoms with Crippen LogP contribution in [0.5, 0.6) is 5.75 Å². The van der Waals surface area contributed by atoms with Gasteiger partial charge in [-0.3, -0.25) is 14.6 Å². The zero-order valence-electron chi connectivity index (χ0n) is 20.3. The molecule has 1 atom stereocenters. The van der Waals surface area contributed by atoms with E-state index in [1.807, 2.05) is 68.4 Å². The van der Waals surface area contributed by atoms with E-state index in [2.05, 4.69) is 11.9 Å². The number of ketones is 1. The highest BCUT2D eigenvalue weighted by Gasteiger charge is 2.46. The van der Waals surface area contributed by atoms with Crippen LogP contribution in [0.25, 0.3) is 5.76 Å². The number of aromatic nitrogens is 1. The molecule has 3 aromatic rings. The van der Waals surface area contributed by atoms with Gasteiger partial charge in [-0.05, 0) is 67.3 Å². The van der Waals surface area contributed by atoms with Gasteiger partial charge in [0, 0.05) is 24.5 Å². The summed E-state index contributed by atoms with van der Waals surface area (Å²) in [4.78, 5) is 32.1. The molecule has 1 aromatic heterocycles. The molecule has 0 bridgehead atoms. The molecule has 35 heavy (non-hydrogen) atoms. The number of carbonyl (C=O) groups excluding carboxylic acids is 2. The van der Waals surface area contributed by atoms with Crippen LogP contribution < -0.4 is 4.74 Å². The van der Waals surface area contributed by atoms with Gasteiger partial charge in [-0.25, -0.2) is 0 Å². The lowest BCUT2D eigenvalue weighted by Crippen LogP contribution is -2.29. The fraction of sp³-hybridized carbons (Fsp3) is 0.276. The molecule has 4 rings (SSSR count). The van der Waals surface area contributed by atoms with Crippen LogP contribution in [-0.4, -0.2) is 33.3 Å². The first kappa shape index (κ1) is 24.2. The Kier molecular flexibility index (Phi) is 7.30. The molecule has 1 N–H and O–H groups in total. The van der Waals surface area contributed by atoms with Gasteiger partial charge in [0.15, 0.2) is 0 Å². The third-order valence-corrected chi connectivity index (χ3v) is 6.25. The van der Waals surface area contributed by atoms with E-state index >= 15 is 0 Å². The lowest BCUT2D eigenvalue weighted by molar-refractivity contribution is -0.140. The SMILES string of the molecule is CCCCOc1ccc(C2/C(=C(\O)c3cc(C)ccc3C)C(=O)C(=O)N2Cc2ccncc2)cc1. The second kappa shape index (κ2) is 10.6. The summed E-state index contributed by atoms with van der Waals surface area (Å²) >= 11 is 0. The molecule has 0 radical (unpaired) electrons. The largest absolute Gasteiger partial charge is 0.507 e. The second-order valence-corrected chi connectivity index (χ2v) is 8.87. The zero-order chi connectivity index (χ0) is 24.9.